The summed E-state index contributed by atoms with van der Waals surface area (Å²) >= 11 is 0. The van der Waals surface area contributed by atoms with Gasteiger partial charge in [-0.05, 0) is 25.8 Å². The predicted octanol–water partition coefficient (Wildman–Crippen LogP) is 2.51. The van der Waals surface area contributed by atoms with Crippen LogP contribution in [0.1, 0.15) is 31.2 Å². The number of carbonyl (C=O) groups excluding carboxylic acids is 1. The predicted molar refractivity (Wildman–Crippen MR) is 77.3 cm³/mol. The molecule has 0 aliphatic rings. The number of carboxylic acids is 1. The highest BCUT2D eigenvalue weighted by molar-refractivity contribution is 5.78. The number of hydrogen-bond acceptors (Lipinski definition) is 4. The van der Waals surface area contributed by atoms with Gasteiger partial charge in [0.05, 0.1) is 16.2 Å². The van der Waals surface area contributed by atoms with Gasteiger partial charge < -0.3 is 10.0 Å². The third-order valence-electron chi connectivity index (χ3n) is 3.20. The zero-order chi connectivity index (χ0) is 15.8. The second kappa shape index (κ2) is 7.98. The van der Waals surface area contributed by atoms with Crippen LogP contribution in [0.4, 0.5) is 11.4 Å². The number of anilines is 1. The summed E-state index contributed by atoms with van der Waals surface area (Å²) in [5, 5.41) is 19.4. The highest BCUT2D eigenvalue weighted by Crippen LogP contribution is 2.27. The number of nitrogens with zero attached hydrogens (tertiary/aromatic N) is 2. The van der Waals surface area contributed by atoms with E-state index in [9.17, 15) is 19.7 Å². The monoisotopic (exact) mass is 294 g/mol. The molecule has 0 saturated heterocycles. The number of nitro benzene ring substituents is 1. The van der Waals surface area contributed by atoms with E-state index in [0.29, 0.717) is 43.5 Å². The number of aliphatic carboxylic acids is 1. The molecule has 114 valence electrons. The molecule has 7 heteroatoms. The van der Waals surface area contributed by atoms with Crippen LogP contribution < -0.4 is 4.90 Å². The molecule has 0 spiro atoms. The summed E-state index contributed by atoms with van der Waals surface area (Å²) in [4.78, 5) is 33.4. The van der Waals surface area contributed by atoms with E-state index in [-0.39, 0.29) is 12.1 Å². The molecule has 1 rings (SSSR count). The molecule has 0 aliphatic carbocycles. The Labute approximate surface area is 122 Å². The number of benzene rings is 1. The zero-order valence-electron chi connectivity index (χ0n) is 11.8. The molecule has 1 aromatic carbocycles. The van der Waals surface area contributed by atoms with Crippen LogP contribution in [0.5, 0.6) is 0 Å². The van der Waals surface area contributed by atoms with Crippen molar-refractivity contribution in [3.63, 3.8) is 0 Å². The summed E-state index contributed by atoms with van der Waals surface area (Å²) in [6, 6.07) is 4.60. The first-order valence-electron chi connectivity index (χ1n) is 6.65. The molecule has 1 N–H and O–H groups in total. The maximum absolute atomic E-state index is 11.2. The first-order valence-corrected chi connectivity index (χ1v) is 6.65. The van der Waals surface area contributed by atoms with E-state index in [0.717, 1.165) is 0 Å². The maximum Gasteiger partial charge on any atom is 0.303 e. The lowest BCUT2D eigenvalue weighted by Gasteiger charge is -2.19. The quantitative estimate of drug-likeness (QED) is 0.326. The number of carboxylic acid groups (broad SMARTS) is 1. The van der Waals surface area contributed by atoms with Crippen LogP contribution in [0.3, 0.4) is 0 Å². The van der Waals surface area contributed by atoms with Crippen molar-refractivity contribution in [2.24, 2.45) is 0 Å². The highest BCUT2D eigenvalue weighted by atomic mass is 16.6. The van der Waals surface area contributed by atoms with Crippen molar-refractivity contribution in [3.8, 4) is 0 Å². The average molecular weight is 294 g/mol. The third-order valence-corrected chi connectivity index (χ3v) is 3.20. The molecular formula is C14H18N2O5. The number of amides is 1. The molecule has 1 amide bonds. The third kappa shape index (κ3) is 4.87. The van der Waals surface area contributed by atoms with Crippen molar-refractivity contribution in [1.82, 2.24) is 0 Å². The van der Waals surface area contributed by atoms with E-state index in [1.165, 1.54) is 11.0 Å². The molecule has 1 aromatic rings. The van der Waals surface area contributed by atoms with E-state index in [1.54, 1.807) is 19.1 Å². The molecular weight excluding hydrogens is 276 g/mol. The molecule has 0 heterocycles. The molecule has 0 saturated carbocycles. The van der Waals surface area contributed by atoms with Crippen LogP contribution in [0.2, 0.25) is 0 Å². The van der Waals surface area contributed by atoms with Crippen molar-refractivity contribution in [3.05, 3.63) is 33.9 Å². The number of unbranched alkanes of at least 4 members (excludes halogenated alkanes) is 2. The topological polar surface area (TPSA) is 101 Å². The highest BCUT2D eigenvalue weighted by Gasteiger charge is 2.17. The van der Waals surface area contributed by atoms with Gasteiger partial charge in [0.15, 0.2) is 0 Å². The van der Waals surface area contributed by atoms with E-state index >= 15 is 0 Å². The van der Waals surface area contributed by atoms with Gasteiger partial charge in [-0.25, -0.2) is 0 Å². The second-order valence-electron chi connectivity index (χ2n) is 4.68. The minimum Gasteiger partial charge on any atom is -0.481 e. The lowest BCUT2D eigenvalue weighted by molar-refractivity contribution is -0.385. The standard InChI is InChI=1S/C14H18N2O5/c1-11-12(6-5-7-13(11)16(20)21)15(10-17)9-4-2-3-8-14(18)19/h5-7,10H,2-4,8-9H2,1H3,(H,18,19). The Hall–Kier alpha value is -2.44. The molecule has 7 nitrogen and oxygen atoms in total. The number of carbonyl (C=O) groups is 2. The summed E-state index contributed by atoms with van der Waals surface area (Å²) < 4.78 is 0. The van der Waals surface area contributed by atoms with Crippen LogP contribution in [0.15, 0.2) is 18.2 Å². The van der Waals surface area contributed by atoms with Crippen LogP contribution >= 0.6 is 0 Å². The van der Waals surface area contributed by atoms with Gasteiger partial charge in [0.25, 0.3) is 5.69 Å². The van der Waals surface area contributed by atoms with E-state index in [2.05, 4.69) is 0 Å². The summed E-state index contributed by atoms with van der Waals surface area (Å²) in [6.45, 7) is 2.01. The Balaban J connectivity index is 2.68. The molecule has 0 radical (unpaired) electrons. The van der Waals surface area contributed by atoms with Gasteiger partial charge in [0.2, 0.25) is 6.41 Å². The van der Waals surface area contributed by atoms with Crippen molar-refractivity contribution >= 4 is 23.8 Å². The smallest absolute Gasteiger partial charge is 0.303 e. The fourth-order valence-corrected chi connectivity index (χ4v) is 2.09. The van der Waals surface area contributed by atoms with Gasteiger partial charge in [-0.3, -0.25) is 19.7 Å². The molecule has 0 aromatic heterocycles. The van der Waals surface area contributed by atoms with E-state index < -0.39 is 10.9 Å². The molecule has 0 bridgehead atoms. The molecule has 0 unspecified atom stereocenters. The summed E-state index contributed by atoms with van der Waals surface area (Å²) in [7, 11) is 0. The summed E-state index contributed by atoms with van der Waals surface area (Å²) in [6.07, 6.45) is 2.63. The van der Waals surface area contributed by atoms with Crippen LogP contribution in [-0.2, 0) is 9.59 Å². The van der Waals surface area contributed by atoms with Crippen molar-refractivity contribution < 1.29 is 19.6 Å². The SMILES string of the molecule is Cc1c(N(C=O)CCCCCC(=O)O)cccc1[N+](=O)[O-]. The van der Waals surface area contributed by atoms with Crippen molar-refractivity contribution in [2.45, 2.75) is 32.6 Å². The van der Waals surface area contributed by atoms with Gasteiger partial charge in [0, 0.05) is 19.0 Å². The minimum absolute atomic E-state index is 0.0229. The Morgan fingerprint density at radius 2 is 2.10 bits per heavy atom. The largest absolute Gasteiger partial charge is 0.481 e. The van der Waals surface area contributed by atoms with Crippen molar-refractivity contribution in [2.75, 3.05) is 11.4 Å². The Bertz CT molecular complexity index is 530. The number of rotatable bonds is 9. The Morgan fingerprint density at radius 3 is 2.67 bits per heavy atom. The molecule has 0 atom stereocenters. The fourth-order valence-electron chi connectivity index (χ4n) is 2.09. The lowest BCUT2D eigenvalue weighted by atomic mass is 10.1. The minimum atomic E-state index is -0.836. The normalized spacial score (nSPS) is 10.1. The van der Waals surface area contributed by atoms with Crippen molar-refractivity contribution in [1.29, 1.82) is 0 Å². The molecule has 0 aliphatic heterocycles. The van der Waals surface area contributed by atoms with Gasteiger partial charge in [-0.15, -0.1) is 0 Å². The van der Waals surface area contributed by atoms with Gasteiger partial charge in [-0.1, -0.05) is 12.5 Å². The maximum atomic E-state index is 11.2. The van der Waals surface area contributed by atoms with Crippen LogP contribution in [-0.4, -0.2) is 29.0 Å². The van der Waals surface area contributed by atoms with E-state index in [1.807, 2.05) is 0 Å². The second-order valence-corrected chi connectivity index (χ2v) is 4.68. The van der Waals surface area contributed by atoms with Gasteiger partial charge >= 0.3 is 5.97 Å². The lowest BCUT2D eigenvalue weighted by Crippen LogP contribution is -2.23. The Morgan fingerprint density at radius 1 is 1.38 bits per heavy atom. The van der Waals surface area contributed by atoms with Gasteiger partial charge in [0.1, 0.15) is 0 Å². The summed E-state index contributed by atoms with van der Waals surface area (Å²) in [5.41, 5.74) is 0.933. The van der Waals surface area contributed by atoms with Crippen LogP contribution in [0, 0.1) is 17.0 Å². The molecule has 0 fully saturated rings. The zero-order valence-corrected chi connectivity index (χ0v) is 11.8. The first-order chi connectivity index (χ1) is 9.97. The van der Waals surface area contributed by atoms with Crippen LogP contribution in [0.25, 0.3) is 0 Å². The molecule has 21 heavy (non-hydrogen) atoms. The number of hydrogen-bond donors (Lipinski definition) is 1. The van der Waals surface area contributed by atoms with Gasteiger partial charge in [-0.2, -0.15) is 0 Å². The summed E-state index contributed by atoms with van der Waals surface area (Å²) in [5.74, 6) is -0.836. The van der Waals surface area contributed by atoms with E-state index in [4.69, 9.17) is 5.11 Å². The number of nitro groups is 1. The fraction of sp³-hybridized carbons (Fsp3) is 0.429. The first kappa shape index (κ1) is 16.6. The Kier molecular flexibility index (Phi) is 6.32. The average Bonchev–Trinajstić information content (AvgIpc) is 2.43.